The summed E-state index contributed by atoms with van der Waals surface area (Å²) in [6, 6.07) is 10.4. The van der Waals surface area contributed by atoms with Crippen molar-refractivity contribution < 1.29 is 0 Å². The van der Waals surface area contributed by atoms with Crippen LogP contribution in [-0.2, 0) is 13.0 Å². The first-order valence-electron chi connectivity index (χ1n) is 5.07. The summed E-state index contributed by atoms with van der Waals surface area (Å²) in [5, 5.41) is 5.51. The third-order valence-electron chi connectivity index (χ3n) is 2.21. The Morgan fingerprint density at radius 1 is 1.20 bits per heavy atom. The SMILES string of the molecule is c1ccc(CNCCc2cscn2)cc1. The number of thiazole rings is 1. The molecule has 15 heavy (non-hydrogen) atoms. The highest BCUT2D eigenvalue weighted by Crippen LogP contribution is 2.01. The van der Waals surface area contributed by atoms with Gasteiger partial charge in [-0.05, 0) is 5.56 Å². The summed E-state index contributed by atoms with van der Waals surface area (Å²) in [5.74, 6) is 0. The Morgan fingerprint density at radius 2 is 2.07 bits per heavy atom. The van der Waals surface area contributed by atoms with E-state index in [9.17, 15) is 0 Å². The van der Waals surface area contributed by atoms with Crippen LogP contribution >= 0.6 is 11.3 Å². The summed E-state index contributed by atoms with van der Waals surface area (Å²) < 4.78 is 0. The van der Waals surface area contributed by atoms with E-state index in [0.29, 0.717) is 0 Å². The summed E-state index contributed by atoms with van der Waals surface area (Å²) in [7, 11) is 0. The third kappa shape index (κ3) is 3.46. The van der Waals surface area contributed by atoms with Crippen LogP contribution in [0.3, 0.4) is 0 Å². The number of rotatable bonds is 5. The molecule has 0 amide bonds. The van der Waals surface area contributed by atoms with Crippen molar-refractivity contribution >= 4 is 11.3 Å². The summed E-state index contributed by atoms with van der Waals surface area (Å²) in [4.78, 5) is 4.24. The van der Waals surface area contributed by atoms with E-state index in [1.54, 1.807) is 11.3 Å². The maximum absolute atomic E-state index is 4.24. The molecule has 2 rings (SSSR count). The lowest BCUT2D eigenvalue weighted by Crippen LogP contribution is -2.16. The molecule has 0 aliphatic rings. The minimum Gasteiger partial charge on any atom is -0.312 e. The Bertz CT molecular complexity index is 370. The number of nitrogens with zero attached hydrogens (tertiary/aromatic N) is 1. The fourth-order valence-corrected chi connectivity index (χ4v) is 2.00. The van der Waals surface area contributed by atoms with Crippen molar-refractivity contribution in [1.82, 2.24) is 10.3 Å². The molecule has 0 radical (unpaired) electrons. The second-order valence-electron chi connectivity index (χ2n) is 3.39. The van der Waals surface area contributed by atoms with Crippen molar-refractivity contribution in [3.8, 4) is 0 Å². The molecule has 0 atom stereocenters. The van der Waals surface area contributed by atoms with Crippen LogP contribution in [0.4, 0.5) is 0 Å². The second kappa shape index (κ2) is 5.63. The second-order valence-corrected chi connectivity index (χ2v) is 4.11. The van der Waals surface area contributed by atoms with E-state index in [1.165, 1.54) is 11.3 Å². The van der Waals surface area contributed by atoms with Gasteiger partial charge in [-0.2, -0.15) is 0 Å². The molecule has 1 heterocycles. The lowest BCUT2D eigenvalue weighted by molar-refractivity contribution is 0.681. The Labute approximate surface area is 94.0 Å². The van der Waals surface area contributed by atoms with Crippen LogP contribution in [0, 0.1) is 0 Å². The smallest absolute Gasteiger partial charge is 0.0794 e. The van der Waals surface area contributed by atoms with Crippen LogP contribution in [-0.4, -0.2) is 11.5 Å². The van der Waals surface area contributed by atoms with E-state index in [1.807, 2.05) is 11.6 Å². The lowest BCUT2D eigenvalue weighted by Gasteiger charge is -2.03. The topological polar surface area (TPSA) is 24.9 Å². The van der Waals surface area contributed by atoms with Gasteiger partial charge >= 0.3 is 0 Å². The van der Waals surface area contributed by atoms with E-state index >= 15 is 0 Å². The summed E-state index contributed by atoms with van der Waals surface area (Å²) in [6.45, 7) is 1.92. The zero-order chi connectivity index (χ0) is 10.3. The number of aromatic nitrogens is 1. The molecular formula is C12H14N2S. The molecule has 0 aliphatic carbocycles. The van der Waals surface area contributed by atoms with Crippen LogP contribution in [0.15, 0.2) is 41.2 Å². The van der Waals surface area contributed by atoms with Gasteiger partial charge in [0.1, 0.15) is 0 Å². The van der Waals surface area contributed by atoms with Crippen molar-refractivity contribution in [3.05, 3.63) is 52.5 Å². The van der Waals surface area contributed by atoms with Gasteiger partial charge in [-0.15, -0.1) is 11.3 Å². The Kier molecular flexibility index (Phi) is 3.88. The zero-order valence-corrected chi connectivity index (χ0v) is 9.33. The van der Waals surface area contributed by atoms with Gasteiger partial charge < -0.3 is 5.32 Å². The number of hydrogen-bond acceptors (Lipinski definition) is 3. The normalized spacial score (nSPS) is 10.4. The Morgan fingerprint density at radius 3 is 2.80 bits per heavy atom. The van der Waals surface area contributed by atoms with Gasteiger partial charge in [-0.1, -0.05) is 30.3 Å². The fourth-order valence-electron chi connectivity index (χ4n) is 1.41. The Balaban J connectivity index is 1.68. The zero-order valence-electron chi connectivity index (χ0n) is 8.52. The number of benzene rings is 1. The Hall–Kier alpha value is -1.19. The monoisotopic (exact) mass is 218 g/mol. The molecular weight excluding hydrogens is 204 g/mol. The van der Waals surface area contributed by atoms with E-state index in [0.717, 1.165) is 19.5 Å². The van der Waals surface area contributed by atoms with Crippen molar-refractivity contribution in [3.63, 3.8) is 0 Å². The van der Waals surface area contributed by atoms with Crippen LogP contribution in [0.1, 0.15) is 11.3 Å². The fraction of sp³-hybridized carbons (Fsp3) is 0.250. The standard InChI is InChI=1S/C12H14N2S/c1-2-4-11(5-3-1)8-13-7-6-12-9-15-10-14-12/h1-5,9-10,13H,6-8H2. The third-order valence-corrected chi connectivity index (χ3v) is 2.85. The van der Waals surface area contributed by atoms with Gasteiger partial charge in [-0.3, -0.25) is 0 Å². The molecule has 2 aromatic rings. The quantitative estimate of drug-likeness (QED) is 0.780. The van der Waals surface area contributed by atoms with Crippen molar-refractivity contribution in [2.24, 2.45) is 0 Å². The van der Waals surface area contributed by atoms with E-state index in [2.05, 4.69) is 39.9 Å². The van der Waals surface area contributed by atoms with Crippen LogP contribution in [0.25, 0.3) is 0 Å². The molecule has 1 N–H and O–H groups in total. The van der Waals surface area contributed by atoms with E-state index in [-0.39, 0.29) is 0 Å². The van der Waals surface area contributed by atoms with E-state index < -0.39 is 0 Å². The van der Waals surface area contributed by atoms with Crippen molar-refractivity contribution in [2.75, 3.05) is 6.54 Å². The molecule has 0 aliphatic heterocycles. The van der Waals surface area contributed by atoms with Crippen molar-refractivity contribution in [1.29, 1.82) is 0 Å². The average molecular weight is 218 g/mol. The molecule has 0 fully saturated rings. The highest BCUT2D eigenvalue weighted by Gasteiger charge is 1.94. The maximum atomic E-state index is 4.24. The molecule has 78 valence electrons. The largest absolute Gasteiger partial charge is 0.312 e. The number of hydrogen-bond donors (Lipinski definition) is 1. The van der Waals surface area contributed by atoms with Gasteiger partial charge in [0.2, 0.25) is 0 Å². The summed E-state index contributed by atoms with van der Waals surface area (Å²) in [5.41, 5.74) is 4.39. The van der Waals surface area contributed by atoms with Crippen LogP contribution in [0.2, 0.25) is 0 Å². The predicted octanol–water partition coefficient (Wildman–Crippen LogP) is 2.48. The highest BCUT2D eigenvalue weighted by atomic mass is 32.1. The number of nitrogens with one attached hydrogen (secondary N) is 1. The molecule has 0 spiro atoms. The predicted molar refractivity (Wildman–Crippen MR) is 64.0 cm³/mol. The highest BCUT2D eigenvalue weighted by molar-refractivity contribution is 7.07. The summed E-state index contributed by atoms with van der Waals surface area (Å²) in [6.07, 6.45) is 1.01. The molecule has 0 saturated carbocycles. The van der Waals surface area contributed by atoms with Gasteiger partial charge in [0.15, 0.2) is 0 Å². The molecule has 0 saturated heterocycles. The molecule has 3 heteroatoms. The maximum Gasteiger partial charge on any atom is 0.0794 e. The summed E-state index contributed by atoms with van der Waals surface area (Å²) >= 11 is 1.66. The van der Waals surface area contributed by atoms with Crippen LogP contribution in [0.5, 0.6) is 0 Å². The van der Waals surface area contributed by atoms with Crippen LogP contribution < -0.4 is 5.32 Å². The van der Waals surface area contributed by atoms with E-state index in [4.69, 9.17) is 0 Å². The van der Waals surface area contributed by atoms with Gasteiger partial charge in [0.25, 0.3) is 0 Å². The first-order valence-corrected chi connectivity index (χ1v) is 6.01. The molecule has 1 aromatic carbocycles. The first kappa shape index (κ1) is 10.3. The van der Waals surface area contributed by atoms with Gasteiger partial charge in [0, 0.05) is 24.9 Å². The molecule has 0 bridgehead atoms. The van der Waals surface area contributed by atoms with Gasteiger partial charge in [-0.25, -0.2) is 4.98 Å². The van der Waals surface area contributed by atoms with Gasteiger partial charge in [0.05, 0.1) is 11.2 Å². The molecule has 2 nitrogen and oxygen atoms in total. The molecule has 0 unspecified atom stereocenters. The lowest BCUT2D eigenvalue weighted by atomic mass is 10.2. The molecule has 1 aromatic heterocycles. The average Bonchev–Trinajstić information content (AvgIpc) is 2.79. The minimum absolute atomic E-state index is 0.935. The minimum atomic E-state index is 0.935. The first-order chi connectivity index (χ1) is 7.45. The van der Waals surface area contributed by atoms with Crippen molar-refractivity contribution in [2.45, 2.75) is 13.0 Å².